The maximum atomic E-state index is 12.6. The number of aromatic nitrogens is 1. The van der Waals surface area contributed by atoms with Gasteiger partial charge in [-0.15, -0.1) is 11.3 Å². The topological polar surface area (TPSA) is 89.6 Å². The van der Waals surface area contributed by atoms with E-state index in [9.17, 15) is 9.59 Å². The van der Waals surface area contributed by atoms with E-state index < -0.39 is 0 Å². The van der Waals surface area contributed by atoms with Gasteiger partial charge >= 0.3 is 0 Å². The molecule has 0 aliphatic rings. The summed E-state index contributed by atoms with van der Waals surface area (Å²) in [7, 11) is 3.07. The molecule has 0 spiro atoms. The van der Waals surface area contributed by atoms with Gasteiger partial charge in [0.15, 0.2) is 11.5 Å². The second-order valence-electron chi connectivity index (χ2n) is 7.54. The molecular formula is C23H25N3O4S. The highest BCUT2D eigenvalue weighted by Gasteiger charge is 2.22. The van der Waals surface area contributed by atoms with Crippen LogP contribution in [0.4, 0.5) is 5.69 Å². The molecule has 3 aromatic rings. The van der Waals surface area contributed by atoms with Crippen LogP contribution < -0.4 is 20.1 Å². The largest absolute Gasteiger partial charge is 0.493 e. The van der Waals surface area contributed by atoms with E-state index in [4.69, 9.17) is 9.47 Å². The Hall–Kier alpha value is -3.39. The zero-order chi connectivity index (χ0) is 22.4. The fourth-order valence-electron chi connectivity index (χ4n) is 3.00. The summed E-state index contributed by atoms with van der Waals surface area (Å²) in [5.74, 6) is 0.621. The Labute approximate surface area is 185 Å². The SMILES string of the molecule is COc1ccc(C(=O)Nc2ccc(C(C)(C)CNC(=O)c3cscn3)cc2)cc1OC. The Morgan fingerprint density at radius 2 is 1.71 bits per heavy atom. The van der Waals surface area contributed by atoms with Crippen molar-refractivity contribution < 1.29 is 19.1 Å². The van der Waals surface area contributed by atoms with Crippen molar-refractivity contribution in [2.24, 2.45) is 0 Å². The van der Waals surface area contributed by atoms with Crippen molar-refractivity contribution in [3.8, 4) is 11.5 Å². The van der Waals surface area contributed by atoms with Crippen LogP contribution in [0.5, 0.6) is 11.5 Å². The highest BCUT2D eigenvalue weighted by molar-refractivity contribution is 7.07. The van der Waals surface area contributed by atoms with E-state index in [1.807, 2.05) is 38.1 Å². The minimum atomic E-state index is -0.294. The third-order valence-corrected chi connectivity index (χ3v) is 5.51. The molecule has 2 N–H and O–H groups in total. The van der Waals surface area contributed by atoms with Crippen LogP contribution in [0.2, 0.25) is 0 Å². The Kier molecular flexibility index (Phi) is 6.91. The number of ether oxygens (including phenoxy) is 2. The smallest absolute Gasteiger partial charge is 0.270 e. The molecule has 1 aromatic heterocycles. The van der Waals surface area contributed by atoms with Crippen molar-refractivity contribution in [2.75, 3.05) is 26.1 Å². The fraction of sp³-hybridized carbons (Fsp3) is 0.261. The van der Waals surface area contributed by atoms with Crippen LogP contribution in [0.3, 0.4) is 0 Å². The van der Waals surface area contributed by atoms with E-state index in [1.54, 1.807) is 36.2 Å². The van der Waals surface area contributed by atoms with E-state index in [2.05, 4.69) is 15.6 Å². The third kappa shape index (κ3) is 5.40. The van der Waals surface area contributed by atoms with Crippen LogP contribution in [0, 0.1) is 0 Å². The number of anilines is 1. The first-order valence-electron chi connectivity index (χ1n) is 9.64. The molecule has 8 heteroatoms. The Morgan fingerprint density at radius 1 is 1.00 bits per heavy atom. The van der Waals surface area contributed by atoms with Gasteiger partial charge in [-0.2, -0.15) is 0 Å². The van der Waals surface area contributed by atoms with Crippen LogP contribution in [0.25, 0.3) is 0 Å². The molecular weight excluding hydrogens is 414 g/mol. The molecule has 0 aliphatic carbocycles. The van der Waals surface area contributed by atoms with Crippen molar-refractivity contribution in [1.29, 1.82) is 0 Å². The number of nitrogens with zero attached hydrogens (tertiary/aromatic N) is 1. The van der Waals surface area contributed by atoms with Crippen molar-refractivity contribution in [2.45, 2.75) is 19.3 Å². The second-order valence-corrected chi connectivity index (χ2v) is 8.26. The molecule has 0 aliphatic heterocycles. The first-order chi connectivity index (χ1) is 14.8. The van der Waals surface area contributed by atoms with Gasteiger partial charge in [-0.25, -0.2) is 4.98 Å². The van der Waals surface area contributed by atoms with Crippen molar-refractivity contribution in [3.05, 3.63) is 70.2 Å². The molecule has 2 amide bonds. The highest BCUT2D eigenvalue weighted by atomic mass is 32.1. The summed E-state index contributed by atoms with van der Waals surface area (Å²) < 4.78 is 10.5. The third-order valence-electron chi connectivity index (χ3n) is 4.93. The maximum Gasteiger partial charge on any atom is 0.270 e. The lowest BCUT2D eigenvalue weighted by molar-refractivity contribution is 0.0940. The maximum absolute atomic E-state index is 12.6. The molecule has 0 saturated carbocycles. The normalized spacial score (nSPS) is 11.0. The number of thiazole rings is 1. The molecule has 3 rings (SSSR count). The van der Waals surface area contributed by atoms with E-state index in [1.165, 1.54) is 18.4 Å². The van der Waals surface area contributed by atoms with Gasteiger partial charge in [0, 0.05) is 28.6 Å². The van der Waals surface area contributed by atoms with E-state index in [0.717, 1.165) is 5.56 Å². The molecule has 0 fully saturated rings. The van der Waals surface area contributed by atoms with Gasteiger partial charge in [-0.05, 0) is 35.9 Å². The highest BCUT2D eigenvalue weighted by Crippen LogP contribution is 2.28. The van der Waals surface area contributed by atoms with E-state index >= 15 is 0 Å². The molecule has 0 atom stereocenters. The minimum Gasteiger partial charge on any atom is -0.493 e. The number of rotatable bonds is 8. The van der Waals surface area contributed by atoms with Crippen molar-refractivity contribution >= 4 is 28.8 Å². The molecule has 0 unspecified atom stereocenters. The summed E-state index contributed by atoms with van der Waals surface area (Å²) in [6.45, 7) is 4.55. The number of hydrogen-bond acceptors (Lipinski definition) is 6. The Morgan fingerprint density at radius 3 is 2.32 bits per heavy atom. The molecule has 1 heterocycles. The molecule has 31 heavy (non-hydrogen) atoms. The molecule has 0 bridgehead atoms. The summed E-state index contributed by atoms with van der Waals surface area (Å²) in [6.07, 6.45) is 0. The average Bonchev–Trinajstić information content (AvgIpc) is 3.32. The van der Waals surface area contributed by atoms with Crippen LogP contribution in [-0.2, 0) is 5.41 Å². The number of benzene rings is 2. The first kappa shape index (κ1) is 22.3. The summed E-state index contributed by atoms with van der Waals surface area (Å²) in [5, 5.41) is 7.53. The van der Waals surface area contributed by atoms with Crippen LogP contribution in [0.15, 0.2) is 53.4 Å². The lowest BCUT2D eigenvalue weighted by Gasteiger charge is -2.25. The molecule has 0 radical (unpaired) electrons. The number of methoxy groups -OCH3 is 2. The summed E-state index contributed by atoms with van der Waals surface area (Å²) in [6, 6.07) is 12.6. The number of hydrogen-bond donors (Lipinski definition) is 2. The van der Waals surface area contributed by atoms with E-state index in [0.29, 0.717) is 35.0 Å². The quantitative estimate of drug-likeness (QED) is 0.551. The standard InChI is InChI=1S/C23H25N3O4S/c1-23(2,13-24-22(28)18-12-31-14-25-18)16-6-8-17(9-7-16)26-21(27)15-5-10-19(29-3)20(11-15)30-4/h5-12,14H,13H2,1-4H3,(H,24,28)(H,26,27). The van der Waals surface area contributed by atoms with E-state index in [-0.39, 0.29) is 17.2 Å². The summed E-state index contributed by atoms with van der Waals surface area (Å²) in [5.41, 5.74) is 3.94. The number of amides is 2. The van der Waals surface area contributed by atoms with Gasteiger partial charge in [0.2, 0.25) is 0 Å². The first-order valence-corrected chi connectivity index (χ1v) is 10.6. The molecule has 0 saturated heterocycles. The number of carbonyl (C=O) groups is 2. The number of nitrogens with one attached hydrogen (secondary N) is 2. The Balaban J connectivity index is 1.64. The zero-order valence-electron chi connectivity index (χ0n) is 17.9. The summed E-state index contributed by atoms with van der Waals surface area (Å²) in [4.78, 5) is 28.8. The van der Waals surface area contributed by atoms with Gasteiger partial charge in [-0.3, -0.25) is 9.59 Å². The van der Waals surface area contributed by atoms with Crippen LogP contribution in [-0.4, -0.2) is 37.6 Å². The minimum absolute atomic E-state index is 0.187. The zero-order valence-corrected chi connectivity index (χ0v) is 18.7. The van der Waals surface area contributed by atoms with Gasteiger partial charge < -0.3 is 20.1 Å². The predicted molar refractivity (Wildman–Crippen MR) is 121 cm³/mol. The lowest BCUT2D eigenvalue weighted by Crippen LogP contribution is -2.36. The monoisotopic (exact) mass is 439 g/mol. The van der Waals surface area contributed by atoms with Crippen molar-refractivity contribution in [1.82, 2.24) is 10.3 Å². The van der Waals surface area contributed by atoms with Gasteiger partial charge in [0.25, 0.3) is 11.8 Å². The van der Waals surface area contributed by atoms with Crippen LogP contribution >= 0.6 is 11.3 Å². The molecule has 7 nitrogen and oxygen atoms in total. The van der Waals surface area contributed by atoms with Gasteiger partial charge in [0.1, 0.15) is 5.69 Å². The average molecular weight is 440 g/mol. The van der Waals surface area contributed by atoms with Crippen molar-refractivity contribution in [3.63, 3.8) is 0 Å². The summed E-state index contributed by atoms with van der Waals surface area (Å²) >= 11 is 1.39. The lowest BCUT2D eigenvalue weighted by atomic mass is 9.84. The second kappa shape index (κ2) is 9.61. The van der Waals surface area contributed by atoms with Crippen LogP contribution in [0.1, 0.15) is 40.3 Å². The van der Waals surface area contributed by atoms with Gasteiger partial charge in [0.05, 0.1) is 19.7 Å². The Bertz CT molecular complexity index is 1050. The number of carbonyl (C=O) groups excluding carboxylic acids is 2. The fourth-order valence-corrected chi connectivity index (χ4v) is 3.54. The van der Waals surface area contributed by atoms with Gasteiger partial charge in [-0.1, -0.05) is 26.0 Å². The molecule has 162 valence electrons. The predicted octanol–water partition coefficient (Wildman–Crippen LogP) is 4.12. The molecule has 2 aromatic carbocycles.